The van der Waals surface area contributed by atoms with Gasteiger partial charge < -0.3 is 4.79 Å². The Bertz CT molecular complexity index is 204. The fraction of sp³-hybridized carbons (Fsp3) is 0.667. The van der Waals surface area contributed by atoms with Crippen molar-refractivity contribution >= 4 is 17.9 Å². The average Bonchev–Trinajstić information content (AvgIpc) is 2.00. The third-order valence-corrected chi connectivity index (χ3v) is 2.58. The van der Waals surface area contributed by atoms with Gasteiger partial charge in [-0.3, -0.25) is 9.59 Å². The van der Waals surface area contributed by atoms with E-state index in [0.29, 0.717) is 6.29 Å². The topological polar surface area (TPSA) is 51.2 Å². The standard InChI is InChI=1S/C9H14O3/c1-6(5-10)9(4,7(2)11)8(3)12/h5-6H,1-4H3. The molecule has 0 aromatic heterocycles. The van der Waals surface area contributed by atoms with Crippen LogP contribution in [-0.4, -0.2) is 17.9 Å². The zero-order valence-electron chi connectivity index (χ0n) is 7.88. The normalized spacial score (nSPS) is 13.7. The molecule has 0 aromatic carbocycles. The minimum absolute atomic E-state index is 0.255. The summed E-state index contributed by atoms with van der Waals surface area (Å²) in [7, 11) is 0. The van der Waals surface area contributed by atoms with Crippen molar-refractivity contribution in [2.75, 3.05) is 0 Å². The van der Waals surface area contributed by atoms with E-state index < -0.39 is 11.3 Å². The zero-order chi connectivity index (χ0) is 9.94. The molecule has 0 bridgehead atoms. The van der Waals surface area contributed by atoms with E-state index in [1.165, 1.54) is 20.8 Å². The second-order valence-electron chi connectivity index (χ2n) is 3.24. The van der Waals surface area contributed by atoms with Crippen LogP contribution in [-0.2, 0) is 14.4 Å². The van der Waals surface area contributed by atoms with Crippen LogP contribution in [0.2, 0.25) is 0 Å². The molecule has 68 valence electrons. The highest BCUT2D eigenvalue weighted by atomic mass is 16.2. The molecule has 0 aromatic rings. The van der Waals surface area contributed by atoms with E-state index in [2.05, 4.69) is 0 Å². The van der Waals surface area contributed by atoms with Crippen molar-refractivity contribution in [1.82, 2.24) is 0 Å². The Kier molecular flexibility index (Phi) is 3.31. The zero-order valence-corrected chi connectivity index (χ0v) is 7.88. The Hall–Kier alpha value is -0.990. The van der Waals surface area contributed by atoms with E-state index in [4.69, 9.17) is 0 Å². The lowest BCUT2D eigenvalue weighted by Crippen LogP contribution is -2.40. The summed E-state index contributed by atoms with van der Waals surface area (Å²) >= 11 is 0. The maximum atomic E-state index is 11.1. The third kappa shape index (κ3) is 1.60. The molecule has 0 saturated heterocycles. The van der Waals surface area contributed by atoms with E-state index in [1.54, 1.807) is 6.92 Å². The molecule has 12 heavy (non-hydrogen) atoms. The smallest absolute Gasteiger partial charge is 0.143 e. The number of carbonyl (C=O) groups is 3. The van der Waals surface area contributed by atoms with Crippen molar-refractivity contribution < 1.29 is 14.4 Å². The quantitative estimate of drug-likeness (QED) is 0.467. The van der Waals surface area contributed by atoms with Gasteiger partial charge in [0.25, 0.3) is 0 Å². The fourth-order valence-corrected chi connectivity index (χ4v) is 1.03. The van der Waals surface area contributed by atoms with Gasteiger partial charge >= 0.3 is 0 Å². The Morgan fingerprint density at radius 3 is 1.67 bits per heavy atom. The lowest BCUT2D eigenvalue weighted by atomic mass is 9.73. The van der Waals surface area contributed by atoms with Gasteiger partial charge in [-0.1, -0.05) is 6.92 Å². The molecular formula is C9H14O3. The van der Waals surface area contributed by atoms with E-state index >= 15 is 0 Å². The maximum absolute atomic E-state index is 11.1. The fourth-order valence-electron chi connectivity index (χ4n) is 1.03. The van der Waals surface area contributed by atoms with E-state index in [1.807, 2.05) is 0 Å². The van der Waals surface area contributed by atoms with Crippen LogP contribution in [0.25, 0.3) is 0 Å². The lowest BCUT2D eigenvalue weighted by molar-refractivity contribution is -0.143. The monoisotopic (exact) mass is 170 g/mol. The van der Waals surface area contributed by atoms with Gasteiger partial charge in [0, 0.05) is 5.92 Å². The Balaban J connectivity index is 4.99. The average molecular weight is 170 g/mol. The second-order valence-corrected chi connectivity index (χ2v) is 3.24. The van der Waals surface area contributed by atoms with E-state index in [9.17, 15) is 14.4 Å². The van der Waals surface area contributed by atoms with Crippen LogP contribution in [0.5, 0.6) is 0 Å². The number of carbonyl (C=O) groups excluding carboxylic acids is 3. The summed E-state index contributed by atoms with van der Waals surface area (Å²) in [5.41, 5.74) is -1.14. The number of hydrogen-bond donors (Lipinski definition) is 0. The van der Waals surface area contributed by atoms with Gasteiger partial charge in [-0.25, -0.2) is 0 Å². The van der Waals surface area contributed by atoms with Crippen molar-refractivity contribution in [3.05, 3.63) is 0 Å². The van der Waals surface area contributed by atoms with Crippen LogP contribution in [0.3, 0.4) is 0 Å². The van der Waals surface area contributed by atoms with Crippen molar-refractivity contribution in [2.24, 2.45) is 11.3 Å². The van der Waals surface area contributed by atoms with Crippen LogP contribution in [0.15, 0.2) is 0 Å². The van der Waals surface area contributed by atoms with Gasteiger partial charge in [0.1, 0.15) is 17.9 Å². The molecule has 1 unspecified atom stereocenters. The van der Waals surface area contributed by atoms with Crippen molar-refractivity contribution in [2.45, 2.75) is 27.7 Å². The van der Waals surface area contributed by atoms with Crippen LogP contribution in [0.4, 0.5) is 0 Å². The SMILES string of the molecule is CC(=O)C(C)(C(C)=O)C(C)C=O. The molecule has 0 aliphatic heterocycles. The van der Waals surface area contributed by atoms with Gasteiger partial charge in [-0.2, -0.15) is 0 Å². The number of rotatable bonds is 4. The molecular weight excluding hydrogens is 156 g/mol. The molecule has 1 atom stereocenters. The van der Waals surface area contributed by atoms with Crippen LogP contribution >= 0.6 is 0 Å². The Morgan fingerprint density at radius 1 is 1.25 bits per heavy atom. The van der Waals surface area contributed by atoms with Gasteiger partial charge in [-0.05, 0) is 20.8 Å². The lowest BCUT2D eigenvalue weighted by Gasteiger charge is -2.26. The summed E-state index contributed by atoms with van der Waals surface area (Å²) in [6, 6.07) is 0. The molecule has 3 nitrogen and oxygen atoms in total. The van der Waals surface area contributed by atoms with Crippen LogP contribution in [0.1, 0.15) is 27.7 Å². The minimum Gasteiger partial charge on any atom is -0.303 e. The summed E-state index contributed by atoms with van der Waals surface area (Å²) < 4.78 is 0. The van der Waals surface area contributed by atoms with Crippen molar-refractivity contribution in [3.63, 3.8) is 0 Å². The first-order valence-electron chi connectivity index (χ1n) is 3.84. The summed E-state index contributed by atoms with van der Waals surface area (Å²) in [6.07, 6.45) is 0.642. The predicted octanol–water partition coefficient (Wildman–Crippen LogP) is 1.01. The third-order valence-electron chi connectivity index (χ3n) is 2.58. The highest BCUT2D eigenvalue weighted by Crippen LogP contribution is 2.27. The molecule has 0 spiro atoms. The molecule has 0 aliphatic rings. The molecule has 0 amide bonds. The molecule has 0 fully saturated rings. The van der Waals surface area contributed by atoms with Crippen LogP contribution in [0, 0.1) is 11.3 Å². The molecule has 0 aliphatic carbocycles. The highest BCUT2D eigenvalue weighted by Gasteiger charge is 2.40. The molecule has 0 rings (SSSR count). The summed E-state index contributed by atoms with van der Waals surface area (Å²) in [5.74, 6) is -1.06. The molecule has 3 heteroatoms. The predicted molar refractivity (Wildman–Crippen MR) is 44.7 cm³/mol. The molecule has 0 saturated carbocycles. The molecule has 0 heterocycles. The first-order chi connectivity index (χ1) is 5.37. The highest BCUT2D eigenvalue weighted by molar-refractivity contribution is 6.06. The summed E-state index contributed by atoms with van der Waals surface area (Å²) in [6.45, 7) is 5.76. The summed E-state index contributed by atoms with van der Waals surface area (Å²) in [5, 5.41) is 0. The summed E-state index contributed by atoms with van der Waals surface area (Å²) in [4.78, 5) is 32.7. The van der Waals surface area contributed by atoms with Gasteiger partial charge in [0.2, 0.25) is 0 Å². The van der Waals surface area contributed by atoms with Crippen LogP contribution < -0.4 is 0 Å². The van der Waals surface area contributed by atoms with Gasteiger partial charge in [-0.15, -0.1) is 0 Å². The largest absolute Gasteiger partial charge is 0.303 e. The van der Waals surface area contributed by atoms with Crippen molar-refractivity contribution in [1.29, 1.82) is 0 Å². The first-order valence-corrected chi connectivity index (χ1v) is 3.84. The van der Waals surface area contributed by atoms with E-state index in [0.717, 1.165) is 0 Å². The molecule has 0 radical (unpaired) electrons. The maximum Gasteiger partial charge on any atom is 0.143 e. The number of hydrogen-bond acceptors (Lipinski definition) is 3. The first kappa shape index (κ1) is 11.0. The number of ketones is 2. The number of Topliss-reactive ketones (excluding diaryl/α,β-unsaturated/α-hetero) is 2. The molecule has 0 N–H and O–H groups in total. The second kappa shape index (κ2) is 3.61. The Labute approximate surface area is 72.1 Å². The van der Waals surface area contributed by atoms with Gasteiger partial charge in [0.15, 0.2) is 0 Å². The van der Waals surface area contributed by atoms with Crippen molar-refractivity contribution in [3.8, 4) is 0 Å². The van der Waals surface area contributed by atoms with E-state index in [-0.39, 0.29) is 11.6 Å². The Morgan fingerprint density at radius 2 is 1.58 bits per heavy atom. The number of aldehydes is 1. The van der Waals surface area contributed by atoms with Gasteiger partial charge in [0.05, 0.1) is 5.41 Å². The minimum atomic E-state index is -1.14.